The Bertz CT molecular complexity index is 977. The summed E-state index contributed by atoms with van der Waals surface area (Å²) in [5.74, 6) is 0.451. The van der Waals surface area contributed by atoms with Gasteiger partial charge in [-0.15, -0.1) is 11.3 Å². The second-order valence-corrected chi connectivity index (χ2v) is 7.40. The highest BCUT2D eigenvalue weighted by molar-refractivity contribution is 7.13. The molecule has 1 aliphatic rings. The molecule has 0 bridgehead atoms. The van der Waals surface area contributed by atoms with Crippen molar-refractivity contribution in [3.8, 4) is 0 Å². The first-order valence-corrected chi connectivity index (χ1v) is 9.79. The Morgan fingerprint density at radius 2 is 1.93 bits per heavy atom. The summed E-state index contributed by atoms with van der Waals surface area (Å²) < 4.78 is 0. The van der Waals surface area contributed by atoms with Crippen molar-refractivity contribution in [3.05, 3.63) is 57.3 Å². The number of hydrogen-bond acceptors (Lipinski definition) is 9. The maximum absolute atomic E-state index is 11.8. The molecule has 0 amide bonds. The minimum atomic E-state index is -0.450. The molecular formula is C17H16ClN7O2S. The number of rotatable bonds is 5. The van der Waals surface area contributed by atoms with Crippen molar-refractivity contribution >= 4 is 51.1 Å². The Hall–Kier alpha value is -2.98. The molecule has 9 nitrogen and oxygen atoms in total. The van der Waals surface area contributed by atoms with Crippen LogP contribution in [0.3, 0.4) is 0 Å². The highest BCUT2D eigenvalue weighted by Crippen LogP contribution is 2.34. The minimum Gasteiger partial charge on any atom is -0.368 e. The molecule has 2 aromatic heterocycles. The lowest BCUT2D eigenvalue weighted by Crippen LogP contribution is -2.47. The van der Waals surface area contributed by atoms with E-state index in [2.05, 4.69) is 25.2 Å². The van der Waals surface area contributed by atoms with Crippen LogP contribution in [0.15, 0.2) is 42.2 Å². The number of benzene rings is 1. The lowest BCUT2D eigenvalue weighted by atomic mass is 10.2. The molecule has 0 aliphatic carbocycles. The molecule has 28 heavy (non-hydrogen) atoms. The lowest BCUT2D eigenvalue weighted by molar-refractivity contribution is -0.383. The normalized spacial score (nSPS) is 14.2. The summed E-state index contributed by atoms with van der Waals surface area (Å²) in [5.41, 5.74) is 0.893. The second kappa shape index (κ2) is 7.95. The van der Waals surface area contributed by atoms with E-state index in [-0.39, 0.29) is 11.5 Å². The summed E-state index contributed by atoms with van der Waals surface area (Å²) in [4.78, 5) is 27.8. The van der Waals surface area contributed by atoms with Gasteiger partial charge in [0.05, 0.1) is 4.92 Å². The van der Waals surface area contributed by atoms with E-state index in [0.29, 0.717) is 42.2 Å². The number of halogens is 1. The van der Waals surface area contributed by atoms with Crippen LogP contribution in [0.2, 0.25) is 5.02 Å². The van der Waals surface area contributed by atoms with Gasteiger partial charge in [-0.05, 0) is 18.2 Å². The zero-order chi connectivity index (χ0) is 19.5. The van der Waals surface area contributed by atoms with Crippen LogP contribution < -0.4 is 15.1 Å². The van der Waals surface area contributed by atoms with Gasteiger partial charge in [0, 0.05) is 48.5 Å². The third-order valence-corrected chi connectivity index (χ3v) is 5.32. The van der Waals surface area contributed by atoms with Gasteiger partial charge in [-0.2, -0.15) is 0 Å². The number of thiazole rings is 1. The molecule has 1 fully saturated rings. The highest BCUT2D eigenvalue weighted by Gasteiger charge is 2.29. The maximum atomic E-state index is 11.8. The zero-order valence-electron chi connectivity index (χ0n) is 14.7. The summed E-state index contributed by atoms with van der Waals surface area (Å²) >= 11 is 7.42. The van der Waals surface area contributed by atoms with Crippen LogP contribution in [0.25, 0.3) is 0 Å². The van der Waals surface area contributed by atoms with Crippen molar-refractivity contribution in [1.29, 1.82) is 0 Å². The Morgan fingerprint density at radius 1 is 1.14 bits per heavy atom. The number of nitrogens with zero attached hydrogens (tertiary/aromatic N) is 6. The molecule has 3 aromatic rings. The number of hydrogen-bond donors (Lipinski definition) is 1. The number of aromatic nitrogens is 3. The number of nitrogens with one attached hydrogen (secondary N) is 1. The molecule has 4 rings (SSSR count). The monoisotopic (exact) mass is 417 g/mol. The fraction of sp³-hybridized carbons (Fsp3) is 0.235. The van der Waals surface area contributed by atoms with Crippen molar-refractivity contribution in [2.24, 2.45) is 0 Å². The SMILES string of the molecule is O=[N+]([O-])c1c(Nc2nccs2)ncnc1N1CCN(c2cccc(Cl)c2)CC1. The van der Waals surface area contributed by atoms with Crippen molar-refractivity contribution in [1.82, 2.24) is 15.0 Å². The van der Waals surface area contributed by atoms with E-state index in [9.17, 15) is 10.1 Å². The summed E-state index contributed by atoms with van der Waals surface area (Å²) in [6.45, 7) is 2.61. The first kappa shape index (κ1) is 18.4. The predicted molar refractivity (Wildman–Crippen MR) is 110 cm³/mol. The molecule has 1 saturated heterocycles. The van der Waals surface area contributed by atoms with Gasteiger partial charge in [-0.1, -0.05) is 17.7 Å². The van der Waals surface area contributed by atoms with E-state index in [1.807, 2.05) is 29.2 Å². The Morgan fingerprint density at radius 3 is 2.61 bits per heavy atom. The molecular weight excluding hydrogens is 402 g/mol. The van der Waals surface area contributed by atoms with E-state index in [0.717, 1.165) is 5.69 Å². The average molecular weight is 418 g/mol. The quantitative estimate of drug-likeness (QED) is 0.496. The van der Waals surface area contributed by atoms with Crippen molar-refractivity contribution in [3.63, 3.8) is 0 Å². The van der Waals surface area contributed by atoms with Crippen molar-refractivity contribution < 1.29 is 4.92 Å². The average Bonchev–Trinajstić information content (AvgIpc) is 3.21. The molecule has 0 radical (unpaired) electrons. The number of anilines is 4. The van der Waals surface area contributed by atoms with E-state index < -0.39 is 4.92 Å². The van der Waals surface area contributed by atoms with Gasteiger partial charge in [0.25, 0.3) is 0 Å². The first-order valence-electron chi connectivity index (χ1n) is 8.53. The summed E-state index contributed by atoms with van der Waals surface area (Å²) in [6.07, 6.45) is 2.96. The van der Waals surface area contributed by atoms with Gasteiger partial charge in [-0.25, -0.2) is 15.0 Å². The van der Waals surface area contributed by atoms with Gasteiger partial charge < -0.3 is 15.1 Å². The molecule has 3 heterocycles. The number of piperazine rings is 1. The minimum absolute atomic E-state index is 0.141. The van der Waals surface area contributed by atoms with Gasteiger partial charge in [0.2, 0.25) is 11.6 Å². The summed E-state index contributed by atoms with van der Waals surface area (Å²) in [7, 11) is 0. The van der Waals surface area contributed by atoms with Crippen LogP contribution in [0.5, 0.6) is 0 Å². The van der Waals surface area contributed by atoms with Gasteiger partial charge >= 0.3 is 5.69 Å². The third-order valence-electron chi connectivity index (χ3n) is 4.40. The second-order valence-electron chi connectivity index (χ2n) is 6.07. The highest BCUT2D eigenvalue weighted by atomic mass is 35.5. The van der Waals surface area contributed by atoms with Crippen LogP contribution in [0.1, 0.15) is 0 Å². The Labute approximate surface area is 169 Å². The fourth-order valence-electron chi connectivity index (χ4n) is 3.10. The molecule has 0 unspecified atom stereocenters. The molecule has 11 heteroatoms. The van der Waals surface area contributed by atoms with Crippen LogP contribution in [0.4, 0.5) is 28.1 Å². The van der Waals surface area contributed by atoms with E-state index in [1.165, 1.54) is 17.7 Å². The van der Waals surface area contributed by atoms with Gasteiger partial charge in [0.15, 0.2) is 5.13 Å². The van der Waals surface area contributed by atoms with Crippen molar-refractivity contribution in [2.75, 3.05) is 41.3 Å². The van der Waals surface area contributed by atoms with E-state index in [4.69, 9.17) is 11.6 Å². The zero-order valence-corrected chi connectivity index (χ0v) is 16.2. The summed E-state index contributed by atoms with van der Waals surface area (Å²) in [5, 5.41) is 17.7. The predicted octanol–water partition coefficient (Wildman–Crippen LogP) is 3.56. The van der Waals surface area contributed by atoms with Gasteiger partial charge in [-0.3, -0.25) is 10.1 Å². The molecule has 0 spiro atoms. The van der Waals surface area contributed by atoms with Gasteiger partial charge in [0.1, 0.15) is 6.33 Å². The van der Waals surface area contributed by atoms with Crippen LogP contribution in [-0.2, 0) is 0 Å². The summed E-state index contributed by atoms with van der Waals surface area (Å²) in [6, 6.07) is 7.67. The third kappa shape index (κ3) is 3.82. The van der Waals surface area contributed by atoms with Crippen LogP contribution in [0, 0.1) is 10.1 Å². The molecule has 0 saturated carbocycles. The smallest absolute Gasteiger partial charge is 0.353 e. The van der Waals surface area contributed by atoms with E-state index >= 15 is 0 Å². The molecule has 1 aromatic carbocycles. The standard InChI is InChI=1S/C17H16ClN7O2S/c18-12-2-1-3-13(10-12)23-5-7-24(8-6-23)16-14(25(26)27)15(20-11-21-16)22-17-19-4-9-28-17/h1-4,9-11H,5-8H2,(H,19,20,21,22). The van der Waals surface area contributed by atoms with Crippen LogP contribution >= 0.6 is 22.9 Å². The largest absolute Gasteiger partial charge is 0.368 e. The maximum Gasteiger partial charge on any atom is 0.353 e. The molecule has 1 N–H and O–H groups in total. The lowest BCUT2D eigenvalue weighted by Gasteiger charge is -2.36. The molecule has 144 valence electrons. The number of nitro groups is 1. The molecule has 1 aliphatic heterocycles. The topological polar surface area (TPSA) is 100 Å². The Balaban J connectivity index is 1.55. The van der Waals surface area contributed by atoms with Crippen molar-refractivity contribution in [2.45, 2.75) is 0 Å². The van der Waals surface area contributed by atoms with Crippen LogP contribution in [-0.4, -0.2) is 46.1 Å². The first-order chi connectivity index (χ1) is 13.6. The Kier molecular flexibility index (Phi) is 5.22. The molecule has 0 atom stereocenters. The fourth-order valence-corrected chi connectivity index (χ4v) is 3.81. The van der Waals surface area contributed by atoms with E-state index in [1.54, 1.807) is 11.6 Å².